The lowest BCUT2D eigenvalue weighted by molar-refractivity contribution is 0.377. The molecule has 0 unspecified atom stereocenters. The fourth-order valence-corrected chi connectivity index (χ4v) is 7.42. The summed E-state index contributed by atoms with van der Waals surface area (Å²) in [6, 6.07) is 9.63. The molecule has 0 aliphatic heterocycles. The largest absolute Gasteiger partial charge is 0.857 e. The van der Waals surface area contributed by atoms with Crippen molar-refractivity contribution in [3.63, 3.8) is 0 Å². The molecule has 0 bridgehead atoms. The van der Waals surface area contributed by atoms with Gasteiger partial charge in [-0.1, -0.05) is 169 Å². The quantitative estimate of drug-likeness (QED) is 0.305. The Morgan fingerprint density at radius 1 is 0.442 bits per heavy atom. The lowest BCUT2D eigenvalue weighted by Crippen LogP contribution is -2.36. The summed E-state index contributed by atoms with van der Waals surface area (Å²) in [5.74, 6) is 2.56. The van der Waals surface area contributed by atoms with Crippen LogP contribution >= 0.6 is 0 Å². The molecule has 0 aliphatic carbocycles. The minimum atomic E-state index is -2.26. The van der Waals surface area contributed by atoms with Crippen LogP contribution in [0.1, 0.15) is 172 Å². The first-order chi connectivity index (χ1) is 18.9. The maximum Gasteiger partial charge on any atom is 0.857 e. The van der Waals surface area contributed by atoms with E-state index in [0.29, 0.717) is 5.92 Å². The highest BCUT2D eigenvalue weighted by Crippen LogP contribution is 2.46. The van der Waals surface area contributed by atoms with Crippen molar-refractivity contribution < 1.29 is 7.58 Å². The summed E-state index contributed by atoms with van der Waals surface area (Å²) >= 11 is -2.26. The molecule has 0 atom stereocenters. The Morgan fingerprint density at radius 3 is 0.837 bits per heavy atom. The monoisotopic (exact) mass is 606 g/mol. The Hall–Kier alpha value is -1.43. The number of rotatable bonds is 6. The van der Waals surface area contributed by atoms with Gasteiger partial charge in [0, 0.05) is 0 Å². The molecule has 242 valence electrons. The van der Waals surface area contributed by atoms with Gasteiger partial charge in [0.15, 0.2) is 0 Å². The highest BCUT2D eigenvalue weighted by Gasteiger charge is 2.41. The fourth-order valence-electron chi connectivity index (χ4n) is 5.37. The second kappa shape index (κ2) is 12.4. The van der Waals surface area contributed by atoms with E-state index in [1.165, 1.54) is 33.4 Å². The summed E-state index contributed by atoms with van der Waals surface area (Å²) in [6.45, 7) is 46.2. The Balaban J connectivity index is 2.94. The fraction of sp³-hybridized carbons (Fsp3) is 0.700. The SMILES string of the molecule is CC(C)[CH2][Al]([O]c1c(C(C)(C)C)cc(C(C)(C)C)cc1C(C)(C)C)[O]c1c(C(C)(C)C)cc(C(C)(C)C)cc1C(C)(C)C. The van der Waals surface area contributed by atoms with E-state index >= 15 is 0 Å². The van der Waals surface area contributed by atoms with E-state index in [1.54, 1.807) is 0 Å². The zero-order chi connectivity index (χ0) is 33.7. The van der Waals surface area contributed by atoms with Gasteiger partial charge in [-0.05, 0) is 71.2 Å². The minimum Gasteiger partial charge on any atom is -0.611 e. The zero-order valence-corrected chi connectivity index (χ0v) is 33.1. The van der Waals surface area contributed by atoms with Gasteiger partial charge in [-0.15, -0.1) is 0 Å². The highest BCUT2D eigenvalue weighted by atomic mass is 27.2. The van der Waals surface area contributed by atoms with E-state index in [4.69, 9.17) is 7.58 Å². The molecule has 2 nitrogen and oxygen atoms in total. The first kappa shape index (κ1) is 37.8. The minimum absolute atomic E-state index is 0.0435. The third-order valence-corrected chi connectivity index (χ3v) is 10.6. The molecule has 0 aliphatic rings. The molecule has 0 saturated heterocycles. The van der Waals surface area contributed by atoms with E-state index in [1.807, 2.05) is 0 Å². The molecule has 0 amide bonds. The summed E-state index contributed by atoms with van der Waals surface area (Å²) in [7, 11) is 0. The van der Waals surface area contributed by atoms with Crippen LogP contribution in [0.3, 0.4) is 0 Å². The Labute approximate surface area is 272 Å². The van der Waals surface area contributed by atoms with Gasteiger partial charge in [-0.3, -0.25) is 0 Å². The number of benzene rings is 2. The molecule has 0 spiro atoms. The molecule has 2 aromatic carbocycles. The third-order valence-electron chi connectivity index (χ3n) is 8.30. The Kier molecular flexibility index (Phi) is 10.9. The molecular formula is C40H67AlO2. The van der Waals surface area contributed by atoms with Crippen molar-refractivity contribution in [1.29, 1.82) is 0 Å². The molecule has 2 aromatic rings. The molecule has 0 saturated carbocycles. The van der Waals surface area contributed by atoms with Gasteiger partial charge in [0.2, 0.25) is 0 Å². The predicted octanol–water partition coefficient (Wildman–Crippen LogP) is 12.1. The Morgan fingerprint density at radius 2 is 0.674 bits per heavy atom. The third kappa shape index (κ3) is 9.78. The van der Waals surface area contributed by atoms with Crippen molar-refractivity contribution in [3.8, 4) is 11.5 Å². The summed E-state index contributed by atoms with van der Waals surface area (Å²) in [5.41, 5.74) is 7.64. The topological polar surface area (TPSA) is 18.5 Å². The normalized spacial score (nSPS) is 13.9. The van der Waals surface area contributed by atoms with Crippen LogP contribution in [0.4, 0.5) is 0 Å². The van der Waals surface area contributed by atoms with Crippen molar-refractivity contribution in [3.05, 3.63) is 57.6 Å². The standard InChI is InChI=1S/2C18H30O.C4H9.Al/c2*1-16(2,3)12-10-13(17(4,5)6)15(19)14(11-12)18(7,8)9;1-4(2)3;/h2*10-11,19H,1-9H3;4H,1H2,2-3H3;/q;;;+2/p-2. The van der Waals surface area contributed by atoms with Crippen LogP contribution in [0.15, 0.2) is 24.3 Å². The van der Waals surface area contributed by atoms with Gasteiger partial charge >= 0.3 is 14.8 Å². The van der Waals surface area contributed by atoms with Gasteiger partial charge in [0.1, 0.15) is 0 Å². The number of hydrogen-bond donors (Lipinski definition) is 0. The lowest BCUT2D eigenvalue weighted by Gasteiger charge is -2.36. The molecule has 0 aromatic heterocycles. The maximum absolute atomic E-state index is 7.36. The van der Waals surface area contributed by atoms with E-state index < -0.39 is 14.8 Å². The van der Waals surface area contributed by atoms with Gasteiger partial charge in [-0.2, -0.15) is 0 Å². The molecule has 3 heteroatoms. The van der Waals surface area contributed by atoms with Crippen molar-refractivity contribution >= 4 is 14.8 Å². The first-order valence-corrected chi connectivity index (χ1v) is 18.4. The van der Waals surface area contributed by atoms with Crippen molar-refractivity contribution in [2.75, 3.05) is 0 Å². The Bertz CT molecular complexity index is 1090. The molecular weight excluding hydrogens is 539 g/mol. The van der Waals surface area contributed by atoms with E-state index in [0.717, 1.165) is 16.8 Å². The summed E-state index contributed by atoms with van der Waals surface area (Å²) in [4.78, 5) is 0. The van der Waals surface area contributed by atoms with Crippen molar-refractivity contribution in [2.45, 2.75) is 176 Å². The smallest absolute Gasteiger partial charge is 0.611 e. The van der Waals surface area contributed by atoms with Crippen LogP contribution in [0.5, 0.6) is 11.5 Å². The highest BCUT2D eigenvalue weighted by molar-refractivity contribution is 6.46. The summed E-state index contributed by atoms with van der Waals surface area (Å²) in [5, 5.41) is 0.933. The van der Waals surface area contributed by atoms with E-state index in [-0.39, 0.29) is 32.5 Å². The predicted molar refractivity (Wildman–Crippen MR) is 192 cm³/mol. The molecule has 0 fully saturated rings. The van der Waals surface area contributed by atoms with Crippen molar-refractivity contribution in [1.82, 2.24) is 0 Å². The molecule has 0 heterocycles. The second-order valence-electron chi connectivity index (χ2n) is 19.6. The molecule has 2 rings (SSSR count). The average Bonchev–Trinajstić information content (AvgIpc) is 2.74. The van der Waals surface area contributed by atoms with Crippen molar-refractivity contribution in [2.24, 2.45) is 5.92 Å². The second-order valence-corrected chi connectivity index (χ2v) is 21.4. The van der Waals surface area contributed by atoms with Gasteiger partial charge < -0.3 is 7.58 Å². The van der Waals surface area contributed by atoms with Gasteiger partial charge in [0.05, 0.1) is 11.5 Å². The van der Waals surface area contributed by atoms with Crippen LogP contribution in [0, 0.1) is 5.92 Å². The van der Waals surface area contributed by atoms with Gasteiger partial charge in [0.25, 0.3) is 0 Å². The van der Waals surface area contributed by atoms with Crippen LogP contribution < -0.4 is 7.58 Å². The summed E-state index contributed by atoms with van der Waals surface area (Å²) in [6.07, 6.45) is 0. The first-order valence-electron chi connectivity index (χ1n) is 16.7. The van der Waals surface area contributed by atoms with Crippen LogP contribution in [-0.4, -0.2) is 14.8 Å². The van der Waals surface area contributed by atoms with Gasteiger partial charge in [-0.25, -0.2) is 0 Å². The molecule has 0 radical (unpaired) electrons. The summed E-state index contributed by atoms with van der Waals surface area (Å²) < 4.78 is 14.7. The molecule has 0 N–H and O–H groups in total. The zero-order valence-electron chi connectivity index (χ0n) is 32.0. The maximum atomic E-state index is 7.36. The van der Waals surface area contributed by atoms with Crippen LogP contribution in [0.25, 0.3) is 0 Å². The van der Waals surface area contributed by atoms with Crippen LogP contribution in [-0.2, 0) is 32.5 Å². The van der Waals surface area contributed by atoms with E-state index in [9.17, 15) is 0 Å². The van der Waals surface area contributed by atoms with E-state index in [2.05, 4.69) is 163 Å². The molecule has 43 heavy (non-hydrogen) atoms. The average molecular weight is 607 g/mol. The number of hydrogen-bond acceptors (Lipinski definition) is 2. The van der Waals surface area contributed by atoms with Crippen LogP contribution in [0.2, 0.25) is 5.28 Å². The lowest BCUT2D eigenvalue weighted by atomic mass is 9.75.